The van der Waals surface area contributed by atoms with Crippen LogP contribution in [-0.4, -0.2) is 52.9 Å². The van der Waals surface area contributed by atoms with Gasteiger partial charge in [-0.2, -0.15) is 0 Å². The van der Waals surface area contributed by atoms with Gasteiger partial charge in [-0.3, -0.25) is 14.4 Å². The van der Waals surface area contributed by atoms with Crippen LogP contribution in [0.5, 0.6) is 0 Å². The first-order chi connectivity index (χ1) is 17.9. The van der Waals surface area contributed by atoms with Crippen molar-refractivity contribution in [3.63, 3.8) is 0 Å². The van der Waals surface area contributed by atoms with Gasteiger partial charge in [0.05, 0.1) is 18.6 Å². The Morgan fingerprint density at radius 1 is 1.05 bits per heavy atom. The molecule has 0 saturated heterocycles. The summed E-state index contributed by atoms with van der Waals surface area (Å²) in [6.45, 7) is 10.0. The number of aliphatic hydroxyl groups excluding tert-OH is 2. The standard InChI is InChI=1S/C30H50N2O6/c1-18-13-19(2)15-21(4)29(36)23(17-32-22(5)33)9-6-7-12-27(24-10-8-11-25(24)30(31)37)38-28(35)16-26(34)20(3)14-18/h6-7,9,18-21,24-27,29,34,36H,8,10-17H2,1-5H3,(H2,31,37)(H,32,33)/b7-6+,23-9-/t18-,19-,20-,21-,24?,25-,26+,27+,29-/m0/s1. The van der Waals surface area contributed by atoms with Crippen LogP contribution in [0.15, 0.2) is 23.8 Å². The Bertz CT molecular complexity index is 856. The Morgan fingerprint density at radius 2 is 1.71 bits per heavy atom. The van der Waals surface area contributed by atoms with Crippen LogP contribution in [0.1, 0.15) is 86.0 Å². The first-order valence-electron chi connectivity index (χ1n) is 14.3. The molecule has 8 heteroatoms. The Balaban J connectivity index is 2.35. The van der Waals surface area contributed by atoms with Crippen LogP contribution in [0, 0.1) is 35.5 Å². The number of amides is 2. The summed E-state index contributed by atoms with van der Waals surface area (Å²) >= 11 is 0. The molecule has 9 atom stereocenters. The van der Waals surface area contributed by atoms with E-state index in [0.29, 0.717) is 30.3 Å². The number of rotatable bonds is 4. The van der Waals surface area contributed by atoms with Crippen LogP contribution in [0.4, 0.5) is 0 Å². The maximum atomic E-state index is 12.9. The van der Waals surface area contributed by atoms with Gasteiger partial charge < -0.3 is 26.0 Å². The number of hydrogen-bond donors (Lipinski definition) is 4. The highest BCUT2D eigenvalue weighted by molar-refractivity contribution is 5.77. The van der Waals surface area contributed by atoms with Gasteiger partial charge in [0.1, 0.15) is 6.10 Å². The van der Waals surface area contributed by atoms with Crippen molar-refractivity contribution in [2.75, 3.05) is 6.54 Å². The van der Waals surface area contributed by atoms with E-state index in [9.17, 15) is 24.6 Å². The van der Waals surface area contributed by atoms with E-state index >= 15 is 0 Å². The van der Waals surface area contributed by atoms with E-state index in [0.717, 1.165) is 32.1 Å². The minimum absolute atomic E-state index is 0.00368. The van der Waals surface area contributed by atoms with E-state index in [1.807, 2.05) is 32.1 Å². The molecule has 2 aliphatic rings. The molecule has 0 spiro atoms. The van der Waals surface area contributed by atoms with Crippen molar-refractivity contribution in [2.45, 2.75) is 104 Å². The van der Waals surface area contributed by atoms with Gasteiger partial charge in [0.15, 0.2) is 0 Å². The molecule has 1 heterocycles. The molecule has 38 heavy (non-hydrogen) atoms. The average molecular weight is 535 g/mol. The number of esters is 1. The van der Waals surface area contributed by atoms with Gasteiger partial charge in [-0.15, -0.1) is 0 Å². The second-order valence-corrected chi connectivity index (χ2v) is 12.0. The molecule has 216 valence electrons. The van der Waals surface area contributed by atoms with Crippen molar-refractivity contribution in [1.29, 1.82) is 0 Å². The maximum absolute atomic E-state index is 12.9. The van der Waals surface area contributed by atoms with E-state index in [1.165, 1.54) is 6.92 Å². The number of carbonyl (C=O) groups excluding carboxylic acids is 3. The predicted molar refractivity (Wildman–Crippen MR) is 148 cm³/mol. The highest BCUT2D eigenvalue weighted by atomic mass is 16.5. The van der Waals surface area contributed by atoms with Crippen molar-refractivity contribution in [3.8, 4) is 0 Å². The third kappa shape index (κ3) is 10.2. The quantitative estimate of drug-likeness (QED) is 0.406. The molecular weight excluding hydrogens is 484 g/mol. The summed E-state index contributed by atoms with van der Waals surface area (Å²) in [4.78, 5) is 36.5. The molecule has 0 bridgehead atoms. The number of cyclic esters (lactones) is 1. The zero-order valence-corrected chi connectivity index (χ0v) is 23.9. The van der Waals surface area contributed by atoms with E-state index < -0.39 is 24.3 Å². The number of hydrogen-bond acceptors (Lipinski definition) is 6. The Labute approximate surface area is 228 Å². The van der Waals surface area contributed by atoms with Crippen LogP contribution in [0.25, 0.3) is 0 Å². The molecule has 0 radical (unpaired) electrons. The average Bonchev–Trinajstić information content (AvgIpc) is 3.31. The van der Waals surface area contributed by atoms with Crippen LogP contribution in [0.2, 0.25) is 0 Å². The smallest absolute Gasteiger partial charge is 0.308 e. The lowest BCUT2D eigenvalue weighted by molar-refractivity contribution is -0.156. The van der Waals surface area contributed by atoms with Crippen LogP contribution < -0.4 is 11.1 Å². The van der Waals surface area contributed by atoms with Gasteiger partial charge in [-0.05, 0) is 61.3 Å². The van der Waals surface area contributed by atoms with Crippen LogP contribution >= 0.6 is 0 Å². The highest BCUT2D eigenvalue weighted by Crippen LogP contribution is 2.37. The van der Waals surface area contributed by atoms with Crippen molar-refractivity contribution in [3.05, 3.63) is 23.8 Å². The topological polar surface area (TPSA) is 139 Å². The lowest BCUT2D eigenvalue weighted by atomic mass is 9.82. The number of nitrogens with one attached hydrogen (secondary N) is 1. The lowest BCUT2D eigenvalue weighted by Gasteiger charge is -2.29. The summed E-state index contributed by atoms with van der Waals surface area (Å²) in [7, 11) is 0. The largest absolute Gasteiger partial charge is 0.462 e. The summed E-state index contributed by atoms with van der Waals surface area (Å²) in [5, 5.41) is 24.7. The van der Waals surface area contributed by atoms with Crippen molar-refractivity contribution < 1.29 is 29.3 Å². The fourth-order valence-electron chi connectivity index (χ4n) is 6.38. The van der Waals surface area contributed by atoms with Gasteiger partial charge in [-0.1, -0.05) is 52.3 Å². The molecule has 1 fully saturated rings. The van der Waals surface area contributed by atoms with Crippen molar-refractivity contribution in [2.24, 2.45) is 41.2 Å². The van der Waals surface area contributed by atoms with Gasteiger partial charge in [0, 0.05) is 31.7 Å². The highest BCUT2D eigenvalue weighted by Gasteiger charge is 2.38. The normalized spacial score (nSPS) is 38.7. The molecular formula is C30H50N2O6. The molecule has 1 aliphatic heterocycles. The summed E-state index contributed by atoms with van der Waals surface area (Å²) in [5.74, 6) is -0.892. The van der Waals surface area contributed by atoms with Gasteiger partial charge >= 0.3 is 5.97 Å². The van der Waals surface area contributed by atoms with Crippen LogP contribution in [0.3, 0.4) is 0 Å². The Kier molecular flexibility index (Phi) is 13.0. The molecule has 5 N–H and O–H groups in total. The Morgan fingerprint density at radius 3 is 2.34 bits per heavy atom. The zero-order valence-electron chi connectivity index (χ0n) is 23.9. The molecule has 1 saturated carbocycles. The number of primary amides is 1. The first-order valence-corrected chi connectivity index (χ1v) is 14.3. The summed E-state index contributed by atoms with van der Waals surface area (Å²) in [6.07, 6.45) is 8.57. The summed E-state index contributed by atoms with van der Waals surface area (Å²) in [5.41, 5.74) is 6.37. The number of nitrogens with two attached hydrogens (primary N) is 1. The van der Waals surface area contributed by atoms with Crippen molar-refractivity contribution in [1.82, 2.24) is 5.32 Å². The zero-order chi connectivity index (χ0) is 28.4. The second-order valence-electron chi connectivity index (χ2n) is 12.0. The molecule has 0 aromatic heterocycles. The number of aliphatic hydroxyl groups is 2. The third-order valence-corrected chi connectivity index (χ3v) is 8.36. The molecule has 1 unspecified atom stereocenters. The molecule has 2 amide bonds. The minimum atomic E-state index is -0.800. The fourth-order valence-corrected chi connectivity index (χ4v) is 6.38. The maximum Gasteiger partial charge on any atom is 0.308 e. The van der Waals surface area contributed by atoms with E-state index in [1.54, 1.807) is 0 Å². The van der Waals surface area contributed by atoms with Gasteiger partial charge in [0.2, 0.25) is 11.8 Å². The van der Waals surface area contributed by atoms with Gasteiger partial charge in [0.25, 0.3) is 0 Å². The third-order valence-electron chi connectivity index (χ3n) is 8.36. The molecule has 0 aromatic carbocycles. The number of allylic oxidation sites excluding steroid dienone is 2. The van der Waals surface area contributed by atoms with Crippen LogP contribution in [-0.2, 0) is 19.1 Å². The predicted octanol–water partition coefficient (Wildman–Crippen LogP) is 3.65. The van der Waals surface area contributed by atoms with E-state index in [2.05, 4.69) is 19.2 Å². The molecule has 1 aliphatic carbocycles. The minimum Gasteiger partial charge on any atom is -0.462 e. The summed E-state index contributed by atoms with van der Waals surface area (Å²) < 4.78 is 5.88. The SMILES string of the molecule is CC(=O)NC/C1=C/C=C/C[C@H](C2CCC[C@@H]2C(N)=O)OC(=O)C[C@@H](O)[C@@H](C)C[C@@H](C)C[C@H](C)C[C@H](C)[C@@H]1O. The number of ether oxygens (including phenoxy) is 1. The second kappa shape index (κ2) is 15.4. The monoisotopic (exact) mass is 534 g/mol. The van der Waals surface area contributed by atoms with Gasteiger partial charge in [-0.25, -0.2) is 0 Å². The first kappa shape index (κ1) is 32.0. The van der Waals surface area contributed by atoms with E-state index in [-0.39, 0.29) is 48.5 Å². The lowest BCUT2D eigenvalue weighted by Crippen LogP contribution is -2.36. The van der Waals surface area contributed by atoms with E-state index in [4.69, 9.17) is 10.5 Å². The Hall–Kier alpha value is -2.19. The summed E-state index contributed by atoms with van der Waals surface area (Å²) in [6, 6.07) is 0. The fraction of sp³-hybridized carbons (Fsp3) is 0.767. The molecule has 2 rings (SSSR count). The molecule has 0 aromatic rings. The van der Waals surface area contributed by atoms with Crippen molar-refractivity contribution >= 4 is 17.8 Å². The number of carbonyl (C=O) groups is 3. The molecule has 8 nitrogen and oxygen atoms in total.